The fraction of sp³-hybridized carbons (Fsp3) is 0.333. The summed E-state index contributed by atoms with van der Waals surface area (Å²) in [6.45, 7) is 4.33. The van der Waals surface area contributed by atoms with Gasteiger partial charge in [0.25, 0.3) is 0 Å². The van der Waals surface area contributed by atoms with E-state index >= 15 is 0 Å². The normalized spacial score (nSPS) is 11.1. The maximum absolute atomic E-state index is 11.8. The zero-order valence-electron chi connectivity index (χ0n) is 11.7. The summed E-state index contributed by atoms with van der Waals surface area (Å²) in [5.41, 5.74) is 1.56. The third-order valence-electron chi connectivity index (χ3n) is 2.62. The number of carbonyl (C=O) groups is 2. The second-order valence-corrected chi connectivity index (χ2v) is 4.91. The second kappa shape index (κ2) is 8.38. The van der Waals surface area contributed by atoms with E-state index in [-0.39, 0.29) is 11.8 Å². The lowest BCUT2D eigenvalue weighted by atomic mass is 10.1. The number of benzene rings is 1. The molecule has 0 aliphatic carbocycles. The van der Waals surface area contributed by atoms with Crippen LogP contribution in [0.15, 0.2) is 29.8 Å². The molecule has 0 radical (unpaired) electrons. The van der Waals surface area contributed by atoms with Crippen LogP contribution in [0.5, 0.6) is 0 Å². The summed E-state index contributed by atoms with van der Waals surface area (Å²) in [7, 11) is 0. The predicted octanol–water partition coefficient (Wildman–Crippen LogP) is 2.39. The number of hydrogen-bond acceptors (Lipinski definition) is 2. The van der Waals surface area contributed by atoms with E-state index in [2.05, 4.69) is 10.6 Å². The van der Waals surface area contributed by atoms with Crippen molar-refractivity contribution in [3.05, 3.63) is 40.4 Å². The molecule has 1 rings (SSSR count). The van der Waals surface area contributed by atoms with Gasteiger partial charge in [-0.3, -0.25) is 9.59 Å². The van der Waals surface area contributed by atoms with Crippen molar-refractivity contribution in [2.45, 2.75) is 20.3 Å². The Kier molecular flexibility index (Phi) is 6.81. The number of hydrogen-bond donors (Lipinski definition) is 2. The van der Waals surface area contributed by atoms with Gasteiger partial charge in [-0.1, -0.05) is 23.7 Å². The molecule has 108 valence electrons. The van der Waals surface area contributed by atoms with Crippen molar-refractivity contribution in [3.63, 3.8) is 0 Å². The minimum Gasteiger partial charge on any atom is -0.356 e. The molecule has 1 aromatic rings. The molecule has 0 aromatic heterocycles. The molecule has 0 spiro atoms. The van der Waals surface area contributed by atoms with Crippen LogP contribution < -0.4 is 10.6 Å². The standard InChI is InChI=1S/C15H19ClN2O2/c1-11(10-13-4-6-14(16)7-5-13)15(20)18-9-3-8-17-12(2)19/h4-7,10H,3,8-9H2,1-2H3,(H,17,19)(H,18,20)/b11-10+. The van der Waals surface area contributed by atoms with Gasteiger partial charge in [0.1, 0.15) is 0 Å². The first-order valence-electron chi connectivity index (χ1n) is 6.45. The second-order valence-electron chi connectivity index (χ2n) is 4.47. The molecule has 1 aromatic carbocycles. The van der Waals surface area contributed by atoms with Crippen molar-refractivity contribution in [1.29, 1.82) is 0 Å². The van der Waals surface area contributed by atoms with Gasteiger partial charge in [-0.15, -0.1) is 0 Å². The Labute approximate surface area is 124 Å². The van der Waals surface area contributed by atoms with Crippen LogP contribution in [0.25, 0.3) is 6.08 Å². The molecule has 0 aliphatic rings. The van der Waals surface area contributed by atoms with Crippen molar-refractivity contribution in [3.8, 4) is 0 Å². The average Bonchev–Trinajstić information content (AvgIpc) is 2.40. The highest BCUT2D eigenvalue weighted by Crippen LogP contribution is 2.12. The summed E-state index contributed by atoms with van der Waals surface area (Å²) < 4.78 is 0. The number of amides is 2. The summed E-state index contributed by atoms with van der Waals surface area (Å²) >= 11 is 5.80. The molecule has 2 amide bonds. The van der Waals surface area contributed by atoms with E-state index in [1.165, 1.54) is 6.92 Å². The Balaban J connectivity index is 2.38. The van der Waals surface area contributed by atoms with Gasteiger partial charge in [-0.05, 0) is 37.1 Å². The smallest absolute Gasteiger partial charge is 0.246 e. The van der Waals surface area contributed by atoms with Crippen molar-refractivity contribution in [2.75, 3.05) is 13.1 Å². The van der Waals surface area contributed by atoms with Crippen LogP contribution in [0.4, 0.5) is 0 Å². The molecule has 0 saturated heterocycles. The zero-order valence-corrected chi connectivity index (χ0v) is 12.5. The maximum atomic E-state index is 11.8. The minimum absolute atomic E-state index is 0.0601. The summed E-state index contributed by atoms with van der Waals surface area (Å²) in [6, 6.07) is 7.28. The summed E-state index contributed by atoms with van der Waals surface area (Å²) in [4.78, 5) is 22.5. The fourth-order valence-corrected chi connectivity index (χ4v) is 1.69. The van der Waals surface area contributed by atoms with Gasteiger partial charge in [0, 0.05) is 30.6 Å². The SMILES string of the molecule is CC(=O)NCCCNC(=O)/C(C)=C/c1ccc(Cl)cc1. The summed E-state index contributed by atoms with van der Waals surface area (Å²) in [5.74, 6) is -0.169. The summed E-state index contributed by atoms with van der Waals surface area (Å²) in [6.07, 6.45) is 2.51. The summed E-state index contributed by atoms with van der Waals surface area (Å²) in [5, 5.41) is 6.15. The fourth-order valence-electron chi connectivity index (χ4n) is 1.57. The highest BCUT2D eigenvalue weighted by atomic mass is 35.5. The molecule has 5 heteroatoms. The molecule has 4 nitrogen and oxygen atoms in total. The van der Waals surface area contributed by atoms with Crippen molar-refractivity contribution in [2.24, 2.45) is 0 Å². The molecule has 2 N–H and O–H groups in total. The van der Waals surface area contributed by atoms with Gasteiger partial charge in [0.05, 0.1) is 0 Å². The minimum atomic E-state index is -0.109. The van der Waals surface area contributed by atoms with Gasteiger partial charge in [-0.2, -0.15) is 0 Å². The van der Waals surface area contributed by atoms with E-state index in [0.717, 1.165) is 5.56 Å². The third kappa shape index (κ3) is 6.38. The monoisotopic (exact) mass is 294 g/mol. The molecular formula is C15H19ClN2O2. The lowest BCUT2D eigenvalue weighted by Gasteiger charge is -2.06. The van der Waals surface area contributed by atoms with Crippen molar-refractivity contribution < 1.29 is 9.59 Å². The highest BCUT2D eigenvalue weighted by Gasteiger charge is 2.03. The predicted molar refractivity (Wildman–Crippen MR) is 81.4 cm³/mol. The Morgan fingerprint density at radius 3 is 2.30 bits per heavy atom. The molecule has 0 heterocycles. The molecule has 0 fully saturated rings. The van der Waals surface area contributed by atoms with E-state index in [1.807, 2.05) is 12.1 Å². The Hall–Kier alpha value is -1.81. The molecule has 0 saturated carbocycles. The van der Waals surface area contributed by atoms with Crippen LogP contribution in [0, 0.1) is 0 Å². The van der Waals surface area contributed by atoms with Gasteiger partial charge < -0.3 is 10.6 Å². The van der Waals surface area contributed by atoms with Gasteiger partial charge in [0.2, 0.25) is 11.8 Å². The number of rotatable bonds is 6. The van der Waals surface area contributed by atoms with E-state index in [9.17, 15) is 9.59 Å². The van der Waals surface area contributed by atoms with Crippen LogP contribution in [0.2, 0.25) is 5.02 Å². The van der Waals surface area contributed by atoms with Gasteiger partial charge in [-0.25, -0.2) is 0 Å². The van der Waals surface area contributed by atoms with Gasteiger partial charge >= 0.3 is 0 Å². The molecule has 0 atom stereocenters. The van der Waals surface area contributed by atoms with E-state index in [4.69, 9.17) is 11.6 Å². The molecular weight excluding hydrogens is 276 g/mol. The van der Waals surface area contributed by atoms with Crippen molar-refractivity contribution >= 4 is 29.5 Å². The lowest BCUT2D eigenvalue weighted by molar-refractivity contribution is -0.119. The Morgan fingerprint density at radius 2 is 1.70 bits per heavy atom. The Bertz CT molecular complexity index is 495. The first-order valence-corrected chi connectivity index (χ1v) is 6.83. The first-order chi connectivity index (χ1) is 9.49. The average molecular weight is 295 g/mol. The first kappa shape index (κ1) is 16.2. The largest absolute Gasteiger partial charge is 0.356 e. The number of halogens is 1. The van der Waals surface area contributed by atoms with Gasteiger partial charge in [0.15, 0.2) is 0 Å². The van der Waals surface area contributed by atoms with Crippen LogP contribution in [-0.4, -0.2) is 24.9 Å². The Morgan fingerprint density at radius 1 is 1.10 bits per heavy atom. The van der Waals surface area contributed by atoms with E-state index < -0.39 is 0 Å². The van der Waals surface area contributed by atoms with E-state index in [0.29, 0.717) is 30.1 Å². The molecule has 0 aliphatic heterocycles. The van der Waals surface area contributed by atoms with Crippen LogP contribution in [-0.2, 0) is 9.59 Å². The van der Waals surface area contributed by atoms with Crippen LogP contribution in [0.3, 0.4) is 0 Å². The van der Waals surface area contributed by atoms with E-state index in [1.54, 1.807) is 25.1 Å². The molecule has 20 heavy (non-hydrogen) atoms. The highest BCUT2D eigenvalue weighted by molar-refractivity contribution is 6.30. The topological polar surface area (TPSA) is 58.2 Å². The quantitative estimate of drug-likeness (QED) is 0.625. The molecule has 0 bridgehead atoms. The third-order valence-corrected chi connectivity index (χ3v) is 2.88. The molecule has 0 unspecified atom stereocenters. The number of carbonyl (C=O) groups excluding carboxylic acids is 2. The maximum Gasteiger partial charge on any atom is 0.246 e. The van der Waals surface area contributed by atoms with Crippen molar-refractivity contribution in [1.82, 2.24) is 10.6 Å². The zero-order chi connectivity index (χ0) is 15.0. The number of nitrogens with one attached hydrogen (secondary N) is 2. The van der Waals surface area contributed by atoms with Crippen LogP contribution in [0.1, 0.15) is 25.8 Å². The lowest BCUT2D eigenvalue weighted by Crippen LogP contribution is -2.29. The van der Waals surface area contributed by atoms with Crippen LogP contribution >= 0.6 is 11.6 Å².